The first-order valence-corrected chi connectivity index (χ1v) is 6.82. The third-order valence-electron chi connectivity index (χ3n) is 3.53. The van der Waals surface area contributed by atoms with Crippen LogP contribution in [0, 0.1) is 10.1 Å². The Labute approximate surface area is 125 Å². The fourth-order valence-corrected chi connectivity index (χ4v) is 2.35. The first-order valence-electron chi connectivity index (χ1n) is 6.82. The average molecular weight is 302 g/mol. The van der Waals surface area contributed by atoms with Crippen LogP contribution in [0.3, 0.4) is 0 Å². The van der Waals surface area contributed by atoms with Crippen LogP contribution in [0.2, 0.25) is 0 Å². The Bertz CT molecular complexity index is 689. The van der Waals surface area contributed by atoms with Crippen LogP contribution in [0.15, 0.2) is 30.5 Å². The van der Waals surface area contributed by atoms with Crippen molar-refractivity contribution < 1.29 is 14.5 Å². The molecular formula is C14H14N4O4. The van der Waals surface area contributed by atoms with Crippen LogP contribution in [0.4, 0.5) is 5.69 Å². The lowest BCUT2D eigenvalue weighted by molar-refractivity contribution is -0.384. The van der Waals surface area contributed by atoms with Crippen molar-refractivity contribution in [2.24, 2.45) is 0 Å². The number of nitrogens with zero attached hydrogens (tertiary/aromatic N) is 3. The predicted octanol–water partition coefficient (Wildman–Crippen LogP) is 1.46. The van der Waals surface area contributed by atoms with Crippen LogP contribution < -0.4 is 0 Å². The molecule has 2 heterocycles. The molecule has 0 bridgehead atoms. The van der Waals surface area contributed by atoms with E-state index in [1.54, 1.807) is 17.0 Å². The van der Waals surface area contributed by atoms with E-state index in [-0.39, 0.29) is 11.6 Å². The Balaban J connectivity index is 1.88. The van der Waals surface area contributed by atoms with E-state index in [1.807, 2.05) is 0 Å². The molecule has 1 aliphatic heterocycles. The van der Waals surface area contributed by atoms with Crippen LogP contribution in [-0.4, -0.2) is 52.2 Å². The van der Waals surface area contributed by atoms with Gasteiger partial charge in [0.25, 0.3) is 11.6 Å². The molecule has 0 unspecified atom stereocenters. The van der Waals surface area contributed by atoms with Crippen molar-refractivity contribution in [2.45, 2.75) is 0 Å². The molecule has 2 aromatic rings. The van der Waals surface area contributed by atoms with Crippen molar-refractivity contribution in [3.8, 4) is 11.3 Å². The minimum Gasteiger partial charge on any atom is -0.378 e. The SMILES string of the molecule is O=C(c1cn[nH]c1-c1ccc([N+](=O)[O-])cc1)N1CCOCC1. The summed E-state index contributed by atoms with van der Waals surface area (Å²) < 4.78 is 5.24. The van der Waals surface area contributed by atoms with E-state index in [2.05, 4.69) is 10.2 Å². The molecule has 22 heavy (non-hydrogen) atoms. The molecular weight excluding hydrogens is 288 g/mol. The molecule has 1 aromatic heterocycles. The predicted molar refractivity (Wildman–Crippen MR) is 77.4 cm³/mol. The lowest BCUT2D eigenvalue weighted by atomic mass is 10.1. The Kier molecular flexibility index (Phi) is 3.84. The third kappa shape index (κ3) is 2.68. The number of hydrogen-bond donors (Lipinski definition) is 1. The van der Waals surface area contributed by atoms with Gasteiger partial charge in [0.2, 0.25) is 0 Å². The Morgan fingerprint density at radius 2 is 1.95 bits per heavy atom. The van der Waals surface area contributed by atoms with Gasteiger partial charge in [-0.2, -0.15) is 5.10 Å². The monoisotopic (exact) mass is 302 g/mol. The maximum atomic E-state index is 12.5. The van der Waals surface area contributed by atoms with Gasteiger partial charge in [-0.1, -0.05) is 0 Å². The van der Waals surface area contributed by atoms with Gasteiger partial charge < -0.3 is 9.64 Å². The zero-order valence-electron chi connectivity index (χ0n) is 11.7. The van der Waals surface area contributed by atoms with Crippen molar-refractivity contribution in [1.82, 2.24) is 15.1 Å². The summed E-state index contributed by atoms with van der Waals surface area (Å²) >= 11 is 0. The number of carbonyl (C=O) groups is 1. The number of benzene rings is 1. The Morgan fingerprint density at radius 3 is 2.59 bits per heavy atom. The molecule has 114 valence electrons. The highest BCUT2D eigenvalue weighted by Crippen LogP contribution is 2.24. The number of non-ortho nitro benzene ring substituents is 1. The van der Waals surface area contributed by atoms with Crippen molar-refractivity contribution in [1.29, 1.82) is 0 Å². The standard InChI is InChI=1S/C14H14N4O4/c19-14(17-5-7-22-8-6-17)12-9-15-16-13(12)10-1-3-11(4-2-10)18(20)21/h1-4,9H,5-8H2,(H,15,16). The number of aromatic nitrogens is 2. The number of rotatable bonds is 3. The Morgan fingerprint density at radius 1 is 1.27 bits per heavy atom. The highest BCUT2D eigenvalue weighted by atomic mass is 16.6. The normalized spacial score (nSPS) is 14.8. The van der Waals surface area contributed by atoms with Crippen LogP contribution >= 0.6 is 0 Å². The van der Waals surface area contributed by atoms with Crippen molar-refractivity contribution in [3.05, 3.63) is 46.1 Å². The van der Waals surface area contributed by atoms with E-state index in [9.17, 15) is 14.9 Å². The van der Waals surface area contributed by atoms with E-state index in [0.717, 1.165) is 0 Å². The molecule has 0 radical (unpaired) electrons. The first-order chi connectivity index (χ1) is 10.7. The second-order valence-corrected chi connectivity index (χ2v) is 4.87. The number of carbonyl (C=O) groups excluding carboxylic acids is 1. The summed E-state index contributed by atoms with van der Waals surface area (Å²) in [7, 11) is 0. The summed E-state index contributed by atoms with van der Waals surface area (Å²) in [4.78, 5) is 24.5. The van der Waals surface area contributed by atoms with Crippen LogP contribution in [0.1, 0.15) is 10.4 Å². The molecule has 1 saturated heterocycles. The lowest BCUT2D eigenvalue weighted by Crippen LogP contribution is -2.40. The smallest absolute Gasteiger partial charge is 0.269 e. The van der Waals surface area contributed by atoms with E-state index in [4.69, 9.17) is 4.74 Å². The highest BCUT2D eigenvalue weighted by molar-refractivity contribution is 5.99. The van der Waals surface area contributed by atoms with Crippen molar-refractivity contribution in [3.63, 3.8) is 0 Å². The number of nitro benzene ring substituents is 1. The van der Waals surface area contributed by atoms with Gasteiger partial charge in [-0.05, 0) is 12.1 Å². The number of H-pyrrole nitrogens is 1. The molecule has 1 amide bonds. The summed E-state index contributed by atoms with van der Waals surface area (Å²) in [5.74, 6) is -0.120. The van der Waals surface area contributed by atoms with Gasteiger partial charge in [0.15, 0.2) is 0 Å². The summed E-state index contributed by atoms with van der Waals surface area (Å²) in [6.07, 6.45) is 1.48. The number of hydrogen-bond acceptors (Lipinski definition) is 5. The number of nitro groups is 1. The molecule has 1 aliphatic rings. The zero-order chi connectivity index (χ0) is 15.5. The van der Waals surface area contributed by atoms with Crippen LogP contribution in [-0.2, 0) is 4.74 Å². The lowest BCUT2D eigenvalue weighted by Gasteiger charge is -2.26. The largest absolute Gasteiger partial charge is 0.378 e. The van der Waals surface area contributed by atoms with E-state index in [1.165, 1.54) is 18.3 Å². The summed E-state index contributed by atoms with van der Waals surface area (Å²) in [5, 5.41) is 17.4. The molecule has 1 N–H and O–H groups in total. The zero-order valence-corrected chi connectivity index (χ0v) is 11.7. The molecule has 0 spiro atoms. The van der Waals surface area contributed by atoms with E-state index in [0.29, 0.717) is 43.1 Å². The average Bonchev–Trinajstić information content (AvgIpc) is 3.04. The quantitative estimate of drug-likeness (QED) is 0.683. The number of ether oxygens (including phenoxy) is 1. The topological polar surface area (TPSA) is 101 Å². The second-order valence-electron chi connectivity index (χ2n) is 4.87. The summed E-state index contributed by atoms with van der Waals surface area (Å²) in [5.41, 5.74) is 1.70. The minimum absolute atomic E-state index is 0.00400. The fourth-order valence-electron chi connectivity index (χ4n) is 2.35. The van der Waals surface area contributed by atoms with Crippen molar-refractivity contribution in [2.75, 3.05) is 26.3 Å². The van der Waals surface area contributed by atoms with Crippen molar-refractivity contribution >= 4 is 11.6 Å². The molecule has 0 atom stereocenters. The first kappa shape index (κ1) is 14.2. The summed E-state index contributed by atoms with van der Waals surface area (Å²) in [6.45, 7) is 2.14. The molecule has 1 aromatic carbocycles. The number of aromatic amines is 1. The highest BCUT2D eigenvalue weighted by Gasteiger charge is 2.23. The Hall–Kier alpha value is -2.74. The van der Waals surface area contributed by atoms with E-state index >= 15 is 0 Å². The second kappa shape index (κ2) is 5.94. The maximum absolute atomic E-state index is 12.5. The van der Waals surface area contributed by atoms with Gasteiger partial charge in [0.1, 0.15) is 0 Å². The molecule has 0 aliphatic carbocycles. The summed E-state index contributed by atoms with van der Waals surface area (Å²) in [6, 6.07) is 6.00. The van der Waals surface area contributed by atoms with Gasteiger partial charge in [-0.3, -0.25) is 20.0 Å². The van der Waals surface area contributed by atoms with Gasteiger partial charge in [-0.15, -0.1) is 0 Å². The molecule has 0 saturated carbocycles. The third-order valence-corrected chi connectivity index (χ3v) is 3.53. The van der Waals surface area contributed by atoms with Gasteiger partial charge in [0.05, 0.1) is 35.6 Å². The van der Waals surface area contributed by atoms with E-state index < -0.39 is 4.92 Å². The minimum atomic E-state index is -0.462. The molecule has 8 heteroatoms. The molecule has 8 nitrogen and oxygen atoms in total. The number of morpholine rings is 1. The fraction of sp³-hybridized carbons (Fsp3) is 0.286. The van der Waals surface area contributed by atoms with Crippen LogP contribution in [0.5, 0.6) is 0 Å². The number of amides is 1. The molecule has 1 fully saturated rings. The van der Waals surface area contributed by atoms with Gasteiger partial charge in [0, 0.05) is 30.8 Å². The van der Waals surface area contributed by atoms with Gasteiger partial charge >= 0.3 is 0 Å². The number of nitrogens with one attached hydrogen (secondary N) is 1. The van der Waals surface area contributed by atoms with Gasteiger partial charge in [-0.25, -0.2) is 0 Å². The van der Waals surface area contributed by atoms with Crippen LogP contribution in [0.25, 0.3) is 11.3 Å². The molecule has 3 rings (SSSR count). The maximum Gasteiger partial charge on any atom is 0.269 e.